The van der Waals surface area contributed by atoms with E-state index < -0.39 is 28.8 Å². The first-order valence-electron chi connectivity index (χ1n) is 9.51. The number of Topliss-reactive ketones (excluding diaryl/α,β-unsaturated/α-hetero) is 2. The number of ketones is 3. The van der Waals surface area contributed by atoms with Gasteiger partial charge in [-0.25, -0.2) is 0 Å². The van der Waals surface area contributed by atoms with Crippen molar-refractivity contribution in [3.63, 3.8) is 0 Å². The lowest BCUT2D eigenvalue weighted by molar-refractivity contribution is -0.168. The van der Waals surface area contributed by atoms with E-state index in [4.69, 9.17) is 0 Å². The average Bonchev–Trinajstić information content (AvgIpc) is 2.86. The van der Waals surface area contributed by atoms with Crippen molar-refractivity contribution in [2.45, 2.75) is 51.6 Å². The number of fused-ring (bicyclic) bond motifs is 5. The average molecular weight is 358 g/mol. The Kier molecular flexibility index (Phi) is 3.74. The molecule has 0 aliphatic heterocycles. The highest BCUT2D eigenvalue weighted by Gasteiger charge is 2.68. The molecule has 0 bridgehead atoms. The van der Waals surface area contributed by atoms with Crippen LogP contribution >= 0.6 is 0 Å². The summed E-state index contributed by atoms with van der Waals surface area (Å²) >= 11 is 0. The fourth-order valence-corrected chi connectivity index (χ4v) is 6.62. The van der Waals surface area contributed by atoms with Crippen LogP contribution in [0.2, 0.25) is 0 Å². The Morgan fingerprint density at radius 1 is 1.27 bits per heavy atom. The van der Waals surface area contributed by atoms with Crippen LogP contribution in [0.5, 0.6) is 0 Å². The van der Waals surface area contributed by atoms with E-state index >= 15 is 0 Å². The first kappa shape index (κ1) is 17.8. The molecule has 140 valence electrons. The number of hydrogen-bond donors (Lipinski definition) is 2. The van der Waals surface area contributed by atoms with Crippen molar-refractivity contribution in [2.24, 2.45) is 28.6 Å². The molecule has 2 N–H and O–H groups in total. The molecule has 26 heavy (non-hydrogen) atoms. The zero-order valence-corrected chi connectivity index (χ0v) is 15.3. The zero-order valence-electron chi connectivity index (χ0n) is 15.3. The summed E-state index contributed by atoms with van der Waals surface area (Å²) in [6.45, 7) is 3.19. The van der Waals surface area contributed by atoms with Crippen molar-refractivity contribution in [1.82, 2.24) is 0 Å². The Morgan fingerprint density at radius 2 is 2.00 bits per heavy atom. The van der Waals surface area contributed by atoms with Crippen LogP contribution in [0, 0.1) is 28.6 Å². The predicted octanol–water partition coefficient (Wildman–Crippen LogP) is 1.77. The number of aliphatic hydroxyl groups excluding tert-OH is 1. The molecule has 0 saturated heterocycles. The zero-order chi connectivity index (χ0) is 18.9. The number of aliphatic hydroxyl groups is 2. The summed E-state index contributed by atoms with van der Waals surface area (Å²) in [6, 6.07) is 0. The van der Waals surface area contributed by atoms with E-state index in [0.29, 0.717) is 12.8 Å². The smallest absolute Gasteiger partial charge is 0.190 e. The summed E-state index contributed by atoms with van der Waals surface area (Å²) in [5, 5.41) is 20.5. The van der Waals surface area contributed by atoms with E-state index in [1.807, 2.05) is 19.9 Å². The van der Waals surface area contributed by atoms with Crippen LogP contribution in [0.15, 0.2) is 23.8 Å². The van der Waals surface area contributed by atoms with Crippen LogP contribution in [-0.4, -0.2) is 39.8 Å². The molecule has 0 spiro atoms. The highest BCUT2D eigenvalue weighted by atomic mass is 16.3. The molecule has 4 rings (SSSR count). The normalized spacial score (nSPS) is 47.1. The molecule has 0 radical (unpaired) electrons. The van der Waals surface area contributed by atoms with Gasteiger partial charge in [0.05, 0.1) is 0 Å². The maximum atomic E-state index is 13.3. The van der Waals surface area contributed by atoms with Crippen molar-refractivity contribution in [3.05, 3.63) is 23.8 Å². The van der Waals surface area contributed by atoms with Crippen molar-refractivity contribution in [2.75, 3.05) is 6.61 Å². The van der Waals surface area contributed by atoms with Gasteiger partial charge in [0.1, 0.15) is 18.0 Å². The van der Waals surface area contributed by atoms with Gasteiger partial charge < -0.3 is 10.2 Å². The van der Waals surface area contributed by atoms with Crippen LogP contribution in [0.1, 0.15) is 46.0 Å². The van der Waals surface area contributed by atoms with Crippen molar-refractivity contribution < 1.29 is 24.6 Å². The van der Waals surface area contributed by atoms with E-state index in [0.717, 1.165) is 18.4 Å². The summed E-state index contributed by atoms with van der Waals surface area (Å²) in [5.41, 5.74) is -1.86. The van der Waals surface area contributed by atoms with Crippen LogP contribution in [0.4, 0.5) is 0 Å². The van der Waals surface area contributed by atoms with Gasteiger partial charge in [0.2, 0.25) is 0 Å². The molecule has 4 aliphatic rings. The molecule has 3 saturated carbocycles. The first-order valence-corrected chi connectivity index (χ1v) is 9.51. The minimum Gasteiger partial charge on any atom is -0.388 e. The SMILES string of the molecule is C[C@]12C=CC(=O)C=C1CC[C@H]1[C@H]3CC[C@](O)(C(=O)CO)[C@@]3(C)CC(=O)[C@@H]12. The van der Waals surface area contributed by atoms with Gasteiger partial charge in [-0.2, -0.15) is 0 Å². The highest BCUT2D eigenvalue weighted by molar-refractivity contribution is 6.02. The summed E-state index contributed by atoms with van der Waals surface area (Å²) in [4.78, 5) is 37.4. The first-order chi connectivity index (χ1) is 12.2. The molecule has 3 fully saturated rings. The van der Waals surface area contributed by atoms with Gasteiger partial charge in [0, 0.05) is 23.2 Å². The Balaban J connectivity index is 1.76. The summed E-state index contributed by atoms with van der Waals surface area (Å²) in [7, 11) is 0. The van der Waals surface area contributed by atoms with Crippen molar-refractivity contribution >= 4 is 17.3 Å². The standard InChI is InChI=1S/C21H26O5/c1-19-7-5-13(23)9-12(19)3-4-14-15-6-8-21(26,17(25)11-22)20(15,2)10-16(24)18(14)19/h5,7,9,14-15,18,22,26H,3-4,6,8,10-11H2,1-2H3/t14-,15+,18+,19-,20-,21-/m0/s1. The number of rotatable bonds is 2. The van der Waals surface area contributed by atoms with Gasteiger partial charge >= 0.3 is 0 Å². The molecule has 4 aliphatic carbocycles. The molecule has 6 atom stereocenters. The van der Waals surface area contributed by atoms with E-state index in [9.17, 15) is 24.6 Å². The third kappa shape index (κ3) is 2.01. The van der Waals surface area contributed by atoms with Crippen LogP contribution in [0.25, 0.3) is 0 Å². The molecule has 0 aromatic rings. The van der Waals surface area contributed by atoms with E-state index in [-0.39, 0.29) is 35.7 Å². The monoisotopic (exact) mass is 358 g/mol. The fourth-order valence-electron chi connectivity index (χ4n) is 6.62. The van der Waals surface area contributed by atoms with E-state index in [1.54, 1.807) is 12.2 Å². The minimum absolute atomic E-state index is 0.0206. The van der Waals surface area contributed by atoms with Crippen molar-refractivity contribution in [1.29, 1.82) is 0 Å². The van der Waals surface area contributed by atoms with Crippen LogP contribution < -0.4 is 0 Å². The number of carbonyl (C=O) groups is 3. The molecule has 0 aromatic heterocycles. The Labute approximate surface area is 153 Å². The van der Waals surface area contributed by atoms with Gasteiger partial charge in [-0.05, 0) is 49.7 Å². The van der Waals surface area contributed by atoms with Gasteiger partial charge in [0.15, 0.2) is 11.6 Å². The maximum absolute atomic E-state index is 13.3. The topological polar surface area (TPSA) is 91.7 Å². The molecular formula is C21H26O5. The van der Waals surface area contributed by atoms with Gasteiger partial charge in [0.25, 0.3) is 0 Å². The lowest BCUT2D eigenvalue weighted by atomic mass is 9.46. The third-order valence-corrected chi connectivity index (χ3v) is 8.01. The van der Waals surface area contributed by atoms with Crippen molar-refractivity contribution in [3.8, 4) is 0 Å². The van der Waals surface area contributed by atoms with Gasteiger partial charge in [-0.3, -0.25) is 14.4 Å². The molecule has 0 amide bonds. The maximum Gasteiger partial charge on any atom is 0.190 e. The number of allylic oxidation sites excluding steroid dienone is 4. The largest absolute Gasteiger partial charge is 0.388 e. The second kappa shape index (κ2) is 5.46. The molecule has 0 unspecified atom stereocenters. The minimum atomic E-state index is -1.62. The highest BCUT2D eigenvalue weighted by Crippen LogP contribution is 2.66. The molecule has 0 heterocycles. The van der Waals surface area contributed by atoms with E-state index in [1.165, 1.54) is 0 Å². The van der Waals surface area contributed by atoms with Gasteiger partial charge in [-0.15, -0.1) is 0 Å². The Morgan fingerprint density at radius 3 is 2.69 bits per heavy atom. The number of hydrogen-bond acceptors (Lipinski definition) is 5. The second-order valence-corrected chi connectivity index (χ2v) is 9.02. The lowest BCUT2D eigenvalue weighted by Gasteiger charge is -2.56. The molecule has 5 heteroatoms. The lowest BCUT2D eigenvalue weighted by Crippen LogP contribution is -2.60. The van der Waals surface area contributed by atoms with Crippen LogP contribution in [-0.2, 0) is 14.4 Å². The number of carbonyl (C=O) groups excluding carboxylic acids is 3. The second-order valence-electron chi connectivity index (χ2n) is 9.02. The fraction of sp³-hybridized carbons (Fsp3) is 0.667. The Hall–Kier alpha value is -1.59. The molecule has 5 nitrogen and oxygen atoms in total. The van der Waals surface area contributed by atoms with Crippen LogP contribution in [0.3, 0.4) is 0 Å². The predicted molar refractivity (Wildman–Crippen MR) is 94.0 cm³/mol. The third-order valence-electron chi connectivity index (χ3n) is 8.01. The van der Waals surface area contributed by atoms with Gasteiger partial charge in [-0.1, -0.05) is 25.5 Å². The summed E-state index contributed by atoms with van der Waals surface area (Å²) < 4.78 is 0. The summed E-state index contributed by atoms with van der Waals surface area (Å²) in [5.74, 6) is -0.590. The Bertz CT molecular complexity index is 764. The molecular weight excluding hydrogens is 332 g/mol. The molecule has 0 aromatic carbocycles. The summed E-state index contributed by atoms with van der Waals surface area (Å²) in [6.07, 6.45) is 7.82. The quantitative estimate of drug-likeness (QED) is 0.785. The van der Waals surface area contributed by atoms with E-state index in [2.05, 4.69) is 0 Å².